The Hall–Kier alpha value is -3.22. The molecule has 0 aromatic heterocycles. The van der Waals surface area contributed by atoms with Gasteiger partial charge in [0.1, 0.15) is 23.4 Å². The molecule has 0 saturated heterocycles. The average Bonchev–Trinajstić information content (AvgIpc) is 2.72. The van der Waals surface area contributed by atoms with Gasteiger partial charge in [-0.25, -0.2) is 4.39 Å². The normalized spacial score (nSPS) is 11.6. The van der Waals surface area contributed by atoms with Gasteiger partial charge in [0.15, 0.2) is 0 Å². The third kappa shape index (κ3) is 5.90. The molecule has 5 nitrogen and oxygen atoms in total. The predicted octanol–water partition coefficient (Wildman–Crippen LogP) is 4.10. The molecular formula is C22H21FN2O3. The zero-order valence-corrected chi connectivity index (χ0v) is 15.2. The van der Waals surface area contributed by atoms with Crippen molar-refractivity contribution in [2.24, 2.45) is 5.73 Å². The lowest BCUT2D eigenvalue weighted by molar-refractivity contribution is -0.118. The van der Waals surface area contributed by atoms with Gasteiger partial charge in [0, 0.05) is 5.69 Å². The van der Waals surface area contributed by atoms with Crippen LogP contribution < -0.4 is 15.8 Å². The van der Waals surface area contributed by atoms with Crippen molar-refractivity contribution < 1.29 is 18.7 Å². The summed E-state index contributed by atoms with van der Waals surface area (Å²) in [7, 11) is 0. The van der Waals surface area contributed by atoms with Crippen molar-refractivity contribution in [3.8, 4) is 11.5 Å². The van der Waals surface area contributed by atoms with Crippen LogP contribution in [0.25, 0.3) is 0 Å². The van der Waals surface area contributed by atoms with E-state index in [1.54, 1.807) is 36.4 Å². The summed E-state index contributed by atoms with van der Waals surface area (Å²) in [5, 5.41) is 2.74. The maximum atomic E-state index is 12.9. The number of anilines is 1. The van der Waals surface area contributed by atoms with Crippen LogP contribution in [0.4, 0.5) is 10.1 Å². The molecule has 0 aliphatic rings. The number of amides is 1. The smallest absolute Gasteiger partial charge is 0.243 e. The largest absolute Gasteiger partial charge is 0.457 e. The van der Waals surface area contributed by atoms with E-state index in [0.29, 0.717) is 23.8 Å². The number of benzene rings is 3. The number of hydrogen-bond donors (Lipinski definition) is 2. The first-order valence-electron chi connectivity index (χ1n) is 8.82. The van der Waals surface area contributed by atoms with Crippen LogP contribution in [0.1, 0.15) is 5.56 Å². The first kappa shape index (κ1) is 19.5. The molecule has 28 heavy (non-hydrogen) atoms. The van der Waals surface area contributed by atoms with Crippen molar-refractivity contribution in [2.45, 2.75) is 12.6 Å². The molecule has 144 valence electrons. The standard InChI is InChI=1S/C22H21FN2O3/c23-17-6-10-19(11-7-17)28-20-12-8-18(9-13-20)25-22(26)21(24)15-27-14-16-4-2-1-3-5-16/h1-13,21H,14-15,24H2,(H,25,26)/t21-/m0/s1. The third-order valence-corrected chi connectivity index (χ3v) is 3.92. The second kappa shape index (κ2) is 9.64. The van der Waals surface area contributed by atoms with Crippen molar-refractivity contribution in [3.63, 3.8) is 0 Å². The Labute approximate surface area is 162 Å². The molecule has 0 aliphatic carbocycles. The maximum absolute atomic E-state index is 12.9. The minimum atomic E-state index is -0.779. The van der Waals surface area contributed by atoms with Gasteiger partial charge in [0.25, 0.3) is 0 Å². The van der Waals surface area contributed by atoms with Crippen molar-refractivity contribution in [1.82, 2.24) is 0 Å². The highest BCUT2D eigenvalue weighted by molar-refractivity contribution is 5.94. The third-order valence-electron chi connectivity index (χ3n) is 3.92. The summed E-state index contributed by atoms with van der Waals surface area (Å²) >= 11 is 0. The molecule has 0 bridgehead atoms. The van der Waals surface area contributed by atoms with E-state index in [2.05, 4.69) is 5.32 Å². The lowest BCUT2D eigenvalue weighted by Crippen LogP contribution is -2.39. The Morgan fingerprint density at radius 2 is 1.54 bits per heavy atom. The highest BCUT2D eigenvalue weighted by Crippen LogP contribution is 2.23. The van der Waals surface area contributed by atoms with Crippen molar-refractivity contribution in [3.05, 3.63) is 90.2 Å². The van der Waals surface area contributed by atoms with Crippen LogP contribution in [0.2, 0.25) is 0 Å². The fourth-order valence-electron chi connectivity index (χ4n) is 2.43. The maximum Gasteiger partial charge on any atom is 0.243 e. The van der Waals surface area contributed by atoms with Crippen molar-refractivity contribution >= 4 is 11.6 Å². The number of carbonyl (C=O) groups is 1. The first-order valence-corrected chi connectivity index (χ1v) is 8.82. The van der Waals surface area contributed by atoms with Crippen LogP contribution in [0.15, 0.2) is 78.9 Å². The summed E-state index contributed by atoms with van der Waals surface area (Å²) in [6.45, 7) is 0.518. The van der Waals surface area contributed by atoms with Crippen molar-refractivity contribution in [1.29, 1.82) is 0 Å². The van der Waals surface area contributed by atoms with Gasteiger partial charge in [0.05, 0.1) is 13.2 Å². The molecule has 3 N–H and O–H groups in total. The van der Waals surface area contributed by atoms with E-state index in [1.807, 2.05) is 30.3 Å². The molecule has 1 atom stereocenters. The van der Waals surface area contributed by atoms with E-state index in [0.717, 1.165) is 5.56 Å². The first-order chi connectivity index (χ1) is 13.6. The van der Waals surface area contributed by atoms with E-state index in [1.165, 1.54) is 12.1 Å². The second-order valence-electron chi connectivity index (χ2n) is 6.18. The van der Waals surface area contributed by atoms with Gasteiger partial charge in [-0.05, 0) is 54.1 Å². The van der Waals surface area contributed by atoms with Crippen LogP contribution in [-0.2, 0) is 16.1 Å². The number of halogens is 1. The molecule has 0 saturated carbocycles. The Bertz CT molecular complexity index is 884. The Kier molecular flexibility index (Phi) is 6.73. The van der Waals surface area contributed by atoms with E-state index < -0.39 is 6.04 Å². The van der Waals surface area contributed by atoms with E-state index >= 15 is 0 Å². The monoisotopic (exact) mass is 380 g/mol. The highest BCUT2D eigenvalue weighted by atomic mass is 19.1. The van der Waals surface area contributed by atoms with Crippen LogP contribution in [0.5, 0.6) is 11.5 Å². The number of nitrogens with one attached hydrogen (secondary N) is 1. The van der Waals surface area contributed by atoms with Crippen LogP contribution in [0, 0.1) is 5.82 Å². The molecule has 0 unspecified atom stereocenters. The van der Waals surface area contributed by atoms with Gasteiger partial charge >= 0.3 is 0 Å². The molecule has 0 spiro atoms. The summed E-state index contributed by atoms with van der Waals surface area (Å²) in [4.78, 5) is 12.2. The SMILES string of the molecule is N[C@@H](COCc1ccccc1)C(=O)Nc1ccc(Oc2ccc(F)cc2)cc1. The highest BCUT2D eigenvalue weighted by Gasteiger charge is 2.14. The molecule has 0 aliphatic heterocycles. The lowest BCUT2D eigenvalue weighted by Gasteiger charge is -2.13. The minimum Gasteiger partial charge on any atom is -0.457 e. The fraction of sp³-hybridized carbons (Fsp3) is 0.136. The van der Waals surface area contributed by atoms with E-state index in [9.17, 15) is 9.18 Å². The average molecular weight is 380 g/mol. The lowest BCUT2D eigenvalue weighted by atomic mass is 10.2. The molecular weight excluding hydrogens is 359 g/mol. The van der Waals surface area contributed by atoms with E-state index in [4.69, 9.17) is 15.2 Å². The summed E-state index contributed by atoms with van der Waals surface area (Å²) in [6.07, 6.45) is 0. The Morgan fingerprint density at radius 3 is 2.18 bits per heavy atom. The van der Waals surface area contributed by atoms with Crippen LogP contribution >= 0.6 is 0 Å². The van der Waals surface area contributed by atoms with Gasteiger partial charge in [0.2, 0.25) is 5.91 Å². The van der Waals surface area contributed by atoms with Crippen molar-refractivity contribution in [2.75, 3.05) is 11.9 Å². The number of hydrogen-bond acceptors (Lipinski definition) is 4. The zero-order chi connectivity index (χ0) is 19.8. The Morgan fingerprint density at radius 1 is 0.929 bits per heavy atom. The van der Waals surface area contributed by atoms with Gasteiger partial charge in [-0.2, -0.15) is 0 Å². The summed E-state index contributed by atoms with van der Waals surface area (Å²) < 4.78 is 24.0. The summed E-state index contributed by atoms with van der Waals surface area (Å²) in [5.74, 6) is 0.436. The Balaban J connectivity index is 1.46. The molecule has 0 heterocycles. The number of ether oxygens (including phenoxy) is 2. The summed E-state index contributed by atoms with van der Waals surface area (Å²) in [5.41, 5.74) is 7.49. The molecule has 0 fully saturated rings. The van der Waals surface area contributed by atoms with Gasteiger partial charge < -0.3 is 20.5 Å². The van der Waals surface area contributed by atoms with Crippen LogP contribution in [-0.4, -0.2) is 18.6 Å². The molecule has 6 heteroatoms. The van der Waals surface area contributed by atoms with E-state index in [-0.39, 0.29) is 18.3 Å². The fourth-order valence-corrected chi connectivity index (χ4v) is 2.43. The quantitative estimate of drug-likeness (QED) is 0.617. The van der Waals surface area contributed by atoms with Gasteiger partial charge in [-0.15, -0.1) is 0 Å². The number of carbonyl (C=O) groups excluding carboxylic acids is 1. The molecule has 3 aromatic rings. The van der Waals surface area contributed by atoms with Crippen LogP contribution in [0.3, 0.4) is 0 Å². The number of nitrogens with two attached hydrogens (primary N) is 1. The second-order valence-corrected chi connectivity index (χ2v) is 6.18. The minimum absolute atomic E-state index is 0.118. The molecule has 1 amide bonds. The number of rotatable bonds is 8. The molecule has 0 radical (unpaired) electrons. The van der Waals surface area contributed by atoms with Gasteiger partial charge in [-0.1, -0.05) is 30.3 Å². The topological polar surface area (TPSA) is 73.6 Å². The molecule has 3 aromatic carbocycles. The summed E-state index contributed by atoms with van der Waals surface area (Å²) in [6, 6.07) is 21.4. The molecule has 3 rings (SSSR count). The zero-order valence-electron chi connectivity index (χ0n) is 15.2. The predicted molar refractivity (Wildman–Crippen MR) is 106 cm³/mol. The van der Waals surface area contributed by atoms with Gasteiger partial charge in [-0.3, -0.25) is 4.79 Å².